The monoisotopic (exact) mass is 216 g/mol. The molecule has 82 valence electrons. The number of hydrogen-bond donors (Lipinski definition) is 0. The zero-order valence-electron chi connectivity index (χ0n) is 9.21. The molecule has 1 unspecified atom stereocenters. The number of rotatable bonds is 1. The van der Waals surface area contributed by atoms with Crippen LogP contribution in [0.15, 0.2) is 23.3 Å². The van der Waals surface area contributed by atoms with Gasteiger partial charge in [-0.1, -0.05) is 11.2 Å². The van der Waals surface area contributed by atoms with Gasteiger partial charge in [0.15, 0.2) is 0 Å². The third-order valence-electron chi connectivity index (χ3n) is 2.78. The summed E-state index contributed by atoms with van der Waals surface area (Å²) in [7, 11) is 0. The summed E-state index contributed by atoms with van der Waals surface area (Å²) in [6, 6.07) is 5.58. The van der Waals surface area contributed by atoms with Crippen molar-refractivity contribution in [3.8, 4) is 0 Å². The Balaban J connectivity index is 2.46. The summed E-state index contributed by atoms with van der Waals surface area (Å²) in [5, 5.41) is 3.56. The van der Waals surface area contributed by atoms with Crippen molar-refractivity contribution in [1.29, 1.82) is 0 Å². The summed E-state index contributed by atoms with van der Waals surface area (Å²) in [5.41, 5.74) is 10.9. The summed E-state index contributed by atoms with van der Waals surface area (Å²) >= 11 is 0. The zero-order valence-corrected chi connectivity index (χ0v) is 9.21. The second kappa shape index (κ2) is 3.87. The summed E-state index contributed by atoms with van der Waals surface area (Å²) < 4.78 is 0. The van der Waals surface area contributed by atoms with E-state index in [4.69, 9.17) is 5.53 Å². The number of carbonyl (C=O) groups is 1. The largest absolute Gasteiger partial charge is 0.309 e. The Morgan fingerprint density at radius 3 is 3.00 bits per heavy atom. The number of nitrogens with zero attached hydrogens (tertiary/aromatic N) is 4. The lowest BCUT2D eigenvalue weighted by atomic mass is 10.1. The van der Waals surface area contributed by atoms with E-state index in [0.29, 0.717) is 5.69 Å². The molecule has 0 aromatic heterocycles. The molecule has 1 heterocycles. The highest BCUT2D eigenvalue weighted by Crippen LogP contribution is 2.34. The van der Waals surface area contributed by atoms with Crippen LogP contribution in [0, 0.1) is 0 Å². The highest BCUT2D eigenvalue weighted by molar-refractivity contribution is 5.94. The highest BCUT2D eigenvalue weighted by atomic mass is 16.2. The van der Waals surface area contributed by atoms with Crippen LogP contribution in [-0.2, 0) is 11.2 Å². The number of azide groups is 1. The van der Waals surface area contributed by atoms with Gasteiger partial charge in [-0.25, -0.2) is 0 Å². The van der Waals surface area contributed by atoms with E-state index in [1.807, 2.05) is 19.1 Å². The zero-order chi connectivity index (χ0) is 11.7. The number of fused-ring (bicyclic) bond motifs is 1. The van der Waals surface area contributed by atoms with E-state index in [0.717, 1.165) is 17.7 Å². The fraction of sp³-hybridized carbons (Fsp3) is 0.364. The van der Waals surface area contributed by atoms with Gasteiger partial charge >= 0.3 is 0 Å². The molecule has 5 heteroatoms. The van der Waals surface area contributed by atoms with E-state index in [9.17, 15) is 4.79 Å². The maximum absolute atomic E-state index is 11.5. The van der Waals surface area contributed by atoms with Crippen LogP contribution >= 0.6 is 0 Å². The predicted octanol–water partition coefficient (Wildman–Crippen LogP) is 2.93. The fourth-order valence-corrected chi connectivity index (χ4v) is 2.21. The van der Waals surface area contributed by atoms with Crippen LogP contribution in [0.3, 0.4) is 0 Å². The van der Waals surface area contributed by atoms with Crippen molar-refractivity contribution in [1.82, 2.24) is 0 Å². The first kappa shape index (κ1) is 10.5. The quantitative estimate of drug-likeness (QED) is 0.404. The van der Waals surface area contributed by atoms with Gasteiger partial charge in [0.05, 0.1) is 0 Å². The van der Waals surface area contributed by atoms with Crippen LogP contribution in [-0.4, -0.2) is 11.9 Å². The molecule has 0 saturated heterocycles. The van der Waals surface area contributed by atoms with Crippen LogP contribution in [0.1, 0.15) is 19.4 Å². The summed E-state index contributed by atoms with van der Waals surface area (Å²) in [6.07, 6.45) is 0.809. The molecule has 1 amide bonds. The van der Waals surface area contributed by atoms with Gasteiger partial charge < -0.3 is 4.90 Å². The molecule has 1 aliphatic heterocycles. The molecule has 0 bridgehead atoms. The van der Waals surface area contributed by atoms with Gasteiger partial charge in [-0.2, -0.15) is 0 Å². The molecule has 1 aromatic rings. The van der Waals surface area contributed by atoms with Crippen LogP contribution < -0.4 is 4.90 Å². The number of amides is 1. The van der Waals surface area contributed by atoms with Gasteiger partial charge in [0, 0.05) is 29.3 Å². The average Bonchev–Trinajstić information content (AvgIpc) is 2.53. The molecule has 2 rings (SSSR count). The molecular weight excluding hydrogens is 204 g/mol. The molecule has 1 atom stereocenters. The van der Waals surface area contributed by atoms with E-state index in [1.165, 1.54) is 0 Å². The topological polar surface area (TPSA) is 69.1 Å². The fourth-order valence-electron chi connectivity index (χ4n) is 2.21. The minimum atomic E-state index is 0.0442. The minimum Gasteiger partial charge on any atom is -0.309 e. The maximum atomic E-state index is 11.5. The molecule has 16 heavy (non-hydrogen) atoms. The van der Waals surface area contributed by atoms with Crippen LogP contribution in [0.4, 0.5) is 11.4 Å². The van der Waals surface area contributed by atoms with Crippen LogP contribution in [0.25, 0.3) is 10.4 Å². The van der Waals surface area contributed by atoms with E-state index in [-0.39, 0.29) is 11.9 Å². The lowest BCUT2D eigenvalue weighted by molar-refractivity contribution is -0.116. The molecule has 0 saturated carbocycles. The van der Waals surface area contributed by atoms with E-state index in [2.05, 4.69) is 10.0 Å². The average molecular weight is 216 g/mol. The first-order valence-corrected chi connectivity index (χ1v) is 5.11. The Bertz CT molecular complexity index is 491. The predicted molar refractivity (Wildman–Crippen MR) is 61.6 cm³/mol. The van der Waals surface area contributed by atoms with Gasteiger partial charge in [0.2, 0.25) is 5.91 Å². The van der Waals surface area contributed by atoms with E-state index >= 15 is 0 Å². The molecule has 0 spiro atoms. The van der Waals surface area contributed by atoms with Crippen molar-refractivity contribution in [2.45, 2.75) is 26.3 Å². The summed E-state index contributed by atoms with van der Waals surface area (Å²) in [4.78, 5) is 16.0. The molecule has 5 nitrogen and oxygen atoms in total. The van der Waals surface area contributed by atoms with Crippen LogP contribution in [0.2, 0.25) is 0 Å². The van der Waals surface area contributed by atoms with E-state index < -0.39 is 0 Å². The van der Waals surface area contributed by atoms with E-state index in [1.54, 1.807) is 17.9 Å². The van der Waals surface area contributed by atoms with Gasteiger partial charge in [-0.15, -0.1) is 0 Å². The second-order valence-electron chi connectivity index (χ2n) is 3.94. The first-order valence-electron chi connectivity index (χ1n) is 5.11. The molecule has 0 radical (unpaired) electrons. The van der Waals surface area contributed by atoms with Gasteiger partial charge in [-0.05, 0) is 36.6 Å². The Kier molecular flexibility index (Phi) is 2.54. The standard InChI is InChI=1S/C11H12N4O/c1-7-5-9-6-10(13-14-12)3-4-11(9)15(7)8(2)16/h3-4,6-7H,5H2,1-2H3. The van der Waals surface area contributed by atoms with Crippen molar-refractivity contribution >= 4 is 17.3 Å². The second-order valence-corrected chi connectivity index (χ2v) is 3.94. The Morgan fingerprint density at radius 2 is 2.38 bits per heavy atom. The molecular formula is C11H12N4O. The van der Waals surface area contributed by atoms with Gasteiger partial charge in [0.1, 0.15) is 0 Å². The first-order chi connectivity index (χ1) is 7.63. The van der Waals surface area contributed by atoms with Gasteiger partial charge in [0.25, 0.3) is 0 Å². The Morgan fingerprint density at radius 1 is 1.62 bits per heavy atom. The summed E-state index contributed by atoms with van der Waals surface area (Å²) in [6.45, 7) is 3.57. The summed E-state index contributed by atoms with van der Waals surface area (Å²) in [5.74, 6) is 0.0442. The minimum absolute atomic E-state index is 0.0442. The smallest absolute Gasteiger partial charge is 0.224 e. The maximum Gasteiger partial charge on any atom is 0.224 e. The van der Waals surface area contributed by atoms with Crippen molar-refractivity contribution in [3.63, 3.8) is 0 Å². The SMILES string of the molecule is CC(=O)N1c2ccc(N=[N+]=[N-])cc2CC1C. The third kappa shape index (κ3) is 1.61. The lowest BCUT2D eigenvalue weighted by Gasteiger charge is -2.20. The normalized spacial score (nSPS) is 17.9. The van der Waals surface area contributed by atoms with Crippen molar-refractivity contribution < 1.29 is 4.79 Å². The molecule has 1 aromatic carbocycles. The lowest BCUT2D eigenvalue weighted by Crippen LogP contribution is -2.33. The Hall–Kier alpha value is -2.00. The van der Waals surface area contributed by atoms with Gasteiger partial charge in [-0.3, -0.25) is 4.79 Å². The molecule has 0 aliphatic carbocycles. The highest BCUT2D eigenvalue weighted by Gasteiger charge is 2.28. The Labute approximate surface area is 93.3 Å². The number of benzene rings is 1. The number of anilines is 1. The molecule has 0 N–H and O–H groups in total. The molecule has 0 fully saturated rings. The van der Waals surface area contributed by atoms with Crippen LogP contribution in [0.5, 0.6) is 0 Å². The number of carbonyl (C=O) groups excluding carboxylic acids is 1. The third-order valence-corrected chi connectivity index (χ3v) is 2.78. The van der Waals surface area contributed by atoms with Crippen molar-refractivity contribution in [3.05, 3.63) is 34.2 Å². The van der Waals surface area contributed by atoms with Crippen molar-refractivity contribution in [2.24, 2.45) is 5.11 Å². The van der Waals surface area contributed by atoms with Crippen molar-refractivity contribution in [2.75, 3.05) is 4.90 Å². The number of hydrogen-bond acceptors (Lipinski definition) is 2. The molecule has 1 aliphatic rings.